The maximum atomic E-state index is 11.4. The summed E-state index contributed by atoms with van der Waals surface area (Å²) in [7, 11) is 0. The van der Waals surface area contributed by atoms with Crippen molar-refractivity contribution in [1.82, 2.24) is 0 Å². The van der Waals surface area contributed by atoms with Gasteiger partial charge in [-0.1, -0.05) is 30.4 Å². The molecule has 1 aromatic rings. The molecule has 0 saturated heterocycles. The molecule has 0 amide bonds. The summed E-state index contributed by atoms with van der Waals surface area (Å²) in [6.07, 6.45) is 4.89. The molecule has 0 aliphatic rings. The van der Waals surface area contributed by atoms with Gasteiger partial charge in [0.1, 0.15) is 0 Å². The normalized spacial score (nSPS) is 10.6. The molecule has 0 radical (unpaired) electrons. The lowest BCUT2D eigenvalue weighted by atomic mass is 10.1. The van der Waals surface area contributed by atoms with Gasteiger partial charge < -0.3 is 0 Å². The number of hydrogen-bond donors (Lipinski definition) is 0. The van der Waals surface area contributed by atoms with Crippen LogP contribution in [0.3, 0.4) is 0 Å². The Labute approximate surface area is 78.7 Å². The molecule has 0 aliphatic heterocycles. The van der Waals surface area contributed by atoms with Crippen molar-refractivity contribution in [1.29, 1.82) is 0 Å². The van der Waals surface area contributed by atoms with E-state index in [-0.39, 0.29) is 5.43 Å². The van der Waals surface area contributed by atoms with Crippen LogP contribution < -0.4 is 5.43 Å². The summed E-state index contributed by atoms with van der Waals surface area (Å²) in [4.78, 5) is 11.4. The van der Waals surface area contributed by atoms with Gasteiger partial charge in [0.15, 0.2) is 5.43 Å². The smallest absolute Gasteiger partial charge is 0.181 e. The Hall–Kier alpha value is -1.37. The average molecular weight is 174 g/mol. The highest BCUT2D eigenvalue weighted by Crippen LogP contribution is 2.02. The molecular weight excluding hydrogens is 160 g/mol. The summed E-state index contributed by atoms with van der Waals surface area (Å²) in [6, 6.07) is 7.30. The van der Waals surface area contributed by atoms with Crippen LogP contribution in [0.1, 0.15) is 18.1 Å². The Morgan fingerprint density at radius 2 is 2.00 bits per heavy atom. The second-order valence-corrected chi connectivity index (χ2v) is 3.01. The SMILES string of the molecule is C/C=C/Cc1ccccc(=O)c1C. The van der Waals surface area contributed by atoms with Crippen LogP contribution in [0.15, 0.2) is 41.2 Å². The monoisotopic (exact) mass is 174 g/mol. The fraction of sp³-hybridized carbons (Fsp3) is 0.250. The first-order valence-corrected chi connectivity index (χ1v) is 4.45. The molecule has 0 heterocycles. The number of rotatable bonds is 2. The maximum absolute atomic E-state index is 11.4. The summed E-state index contributed by atoms with van der Waals surface area (Å²) < 4.78 is 0. The van der Waals surface area contributed by atoms with Crippen LogP contribution in [-0.2, 0) is 6.42 Å². The minimum Gasteiger partial charge on any atom is -0.290 e. The molecule has 0 aliphatic carbocycles. The van der Waals surface area contributed by atoms with Gasteiger partial charge >= 0.3 is 0 Å². The molecular formula is C12H14O. The first kappa shape index (κ1) is 9.72. The molecule has 0 spiro atoms. The van der Waals surface area contributed by atoms with Crippen molar-refractivity contribution >= 4 is 0 Å². The van der Waals surface area contributed by atoms with Gasteiger partial charge in [-0.15, -0.1) is 0 Å². The van der Waals surface area contributed by atoms with E-state index in [0.717, 1.165) is 17.5 Å². The molecule has 68 valence electrons. The lowest BCUT2D eigenvalue weighted by molar-refractivity contribution is 1.21. The van der Waals surface area contributed by atoms with Crippen molar-refractivity contribution in [2.45, 2.75) is 20.3 Å². The van der Waals surface area contributed by atoms with Gasteiger partial charge in [0, 0.05) is 0 Å². The molecule has 0 aromatic heterocycles. The lowest BCUT2D eigenvalue weighted by Crippen LogP contribution is -2.01. The standard InChI is InChI=1S/C12H14O/c1-3-4-7-11-8-5-6-9-12(13)10(11)2/h3-6,8-9H,7H2,1-2H3/b4-3+. The highest BCUT2D eigenvalue weighted by Gasteiger charge is 1.96. The van der Waals surface area contributed by atoms with Crippen LogP contribution in [0.5, 0.6) is 0 Å². The molecule has 0 bridgehead atoms. The molecule has 0 unspecified atom stereocenters. The predicted octanol–water partition coefficient (Wildman–Crippen LogP) is 2.47. The minimum absolute atomic E-state index is 0.115. The first-order valence-electron chi connectivity index (χ1n) is 4.45. The summed E-state index contributed by atoms with van der Waals surface area (Å²) in [6.45, 7) is 3.86. The van der Waals surface area contributed by atoms with Crippen molar-refractivity contribution in [3.63, 3.8) is 0 Å². The molecule has 1 aromatic carbocycles. The highest BCUT2D eigenvalue weighted by molar-refractivity contribution is 5.26. The van der Waals surface area contributed by atoms with E-state index in [1.807, 2.05) is 32.1 Å². The van der Waals surface area contributed by atoms with Crippen LogP contribution >= 0.6 is 0 Å². The van der Waals surface area contributed by atoms with Crippen molar-refractivity contribution in [3.8, 4) is 0 Å². The molecule has 0 N–H and O–H groups in total. The van der Waals surface area contributed by atoms with Gasteiger partial charge in [-0.05, 0) is 37.5 Å². The molecule has 1 rings (SSSR count). The molecule has 0 atom stereocenters. The maximum Gasteiger partial charge on any atom is 0.181 e. The van der Waals surface area contributed by atoms with E-state index in [1.165, 1.54) is 0 Å². The van der Waals surface area contributed by atoms with Crippen molar-refractivity contribution < 1.29 is 0 Å². The van der Waals surface area contributed by atoms with Crippen LogP contribution in [0, 0.1) is 6.92 Å². The molecule has 0 saturated carbocycles. The second-order valence-electron chi connectivity index (χ2n) is 3.01. The number of hydrogen-bond acceptors (Lipinski definition) is 1. The molecule has 0 fully saturated rings. The van der Waals surface area contributed by atoms with E-state index in [2.05, 4.69) is 6.08 Å². The van der Waals surface area contributed by atoms with Gasteiger partial charge in [-0.3, -0.25) is 4.79 Å². The quantitative estimate of drug-likeness (QED) is 0.629. The summed E-state index contributed by atoms with van der Waals surface area (Å²) in [5.74, 6) is 0. The Balaban J connectivity index is 3.16. The Morgan fingerprint density at radius 1 is 1.31 bits per heavy atom. The zero-order chi connectivity index (χ0) is 9.68. The van der Waals surface area contributed by atoms with Gasteiger partial charge in [-0.25, -0.2) is 0 Å². The molecule has 1 heteroatoms. The van der Waals surface area contributed by atoms with E-state index in [9.17, 15) is 4.79 Å². The summed E-state index contributed by atoms with van der Waals surface area (Å²) in [5, 5.41) is 0. The first-order chi connectivity index (χ1) is 6.25. The third-order valence-corrected chi connectivity index (χ3v) is 2.08. The lowest BCUT2D eigenvalue weighted by Gasteiger charge is -1.95. The van der Waals surface area contributed by atoms with Crippen molar-refractivity contribution in [2.75, 3.05) is 0 Å². The van der Waals surface area contributed by atoms with E-state index < -0.39 is 0 Å². The van der Waals surface area contributed by atoms with E-state index in [4.69, 9.17) is 0 Å². The van der Waals surface area contributed by atoms with E-state index in [1.54, 1.807) is 12.1 Å². The Bertz CT molecular complexity index is 364. The third kappa shape index (κ3) is 2.55. The minimum atomic E-state index is 0.115. The zero-order valence-corrected chi connectivity index (χ0v) is 8.08. The van der Waals surface area contributed by atoms with Crippen molar-refractivity contribution in [3.05, 3.63) is 57.8 Å². The van der Waals surface area contributed by atoms with Crippen molar-refractivity contribution in [2.24, 2.45) is 0 Å². The van der Waals surface area contributed by atoms with Gasteiger partial charge in [-0.2, -0.15) is 0 Å². The van der Waals surface area contributed by atoms with E-state index in [0.29, 0.717) is 0 Å². The predicted molar refractivity (Wildman–Crippen MR) is 56.0 cm³/mol. The third-order valence-electron chi connectivity index (χ3n) is 2.08. The van der Waals surface area contributed by atoms with Gasteiger partial charge in [0.2, 0.25) is 0 Å². The number of allylic oxidation sites excluding steroid dienone is 2. The average Bonchev–Trinajstić information content (AvgIpc) is 2.28. The zero-order valence-electron chi connectivity index (χ0n) is 8.08. The fourth-order valence-electron chi connectivity index (χ4n) is 1.19. The van der Waals surface area contributed by atoms with Gasteiger partial charge in [0.05, 0.1) is 0 Å². The summed E-state index contributed by atoms with van der Waals surface area (Å²) >= 11 is 0. The second kappa shape index (κ2) is 4.61. The largest absolute Gasteiger partial charge is 0.290 e. The fourth-order valence-corrected chi connectivity index (χ4v) is 1.19. The Kier molecular flexibility index (Phi) is 3.44. The van der Waals surface area contributed by atoms with Gasteiger partial charge in [0.25, 0.3) is 0 Å². The van der Waals surface area contributed by atoms with Crippen LogP contribution in [0.2, 0.25) is 0 Å². The molecule has 1 nitrogen and oxygen atoms in total. The van der Waals surface area contributed by atoms with Crippen LogP contribution in [0.25, 0.3) is 0 Å². The van der Waals surface area contributed by atoms with E-state index >= 15 is 0 Å². The summed E-state index contributed by atoms with van der Waals surface area (Å²) in [5.41, 5.74) is 2.07. The van der Waals surface area contributed by atoms with Crippen LogP contribution in [-0.4, -0.2) is 0 Å². The van der Waals surface area contributed by atoms with Crippen LogP contribution in [0.4, 0.5) is 0 Å². The Morgan fingerprint density at radius 3 is 2.69 bits per heavy atom. The highest BCUT2D eigenvalue weighted by atomic mass is 16.1. The topological polar surface area (TPSA) is 17.1 Å². The molecule has 13 heavy (non-hydrogen) atoms.